The maximum atomic E-state index is 12.0. The van der Waals surface area contributed by atoms with E-state index in [-0.39, 0.29) is 23.8 Å². The molecule has 1 atom stereocenters. The number of rotatable bonds is 6. The summed E-state index contributed by atoms with van der Waals surface area (Å²) in [4.78, 5) is 25.5. The summed E-state index contributed by atoms with van der Waals surface area (Å²) in [5.74, 6) is 0.535. The first-order valence-corrected chi connectivity index (χ1v) is 7.06. The Kier molecular flexibility index (Phi) is 5.63. The van der Waals surface area contributed by atoms with Crippen molar-refractivity contribution in [3.05, 3.63) is 0 Å². The molecule has 0 aromatic carbocycles. The summed E-state index contributed by atoms with van der Waals surface area (Å²) in [6, 6.07) is 0.189. The molecule has 0 aromatic rings. The number of carbonyl (C=O) groups is 2. The Balaban J connectivity index is 2.42. The maximum absolute atomic E-state index is 12.0. The molecule has 1 saturated heterocycles. The lowest BCUT2D eigenvalue weighted by Gasteiger charge is -2.21. The minimum atomic E-state index is -0.158. The Morgan fingerprint density at radius 1 is 1.39 bits per heavy atom. The topological polar surface area (TPSA) is 49.4 Å². The first kappa shape index (κ1) is 15.0. The smallest absolute Gasteiger partial charge is 0.225 e. The lowest BCUT2D eigenvalue weighted by molar-refractivity contribution is -0.130. The van der Waals surface area contributed by atoms with Gasteiger partial charge in [0, 0.05) is 25.6 Å². The molecule has 0 bridgehead atoms. The molecule has 0 aromatic heterocycles. The van der Waals surface area contributed by atoms with Crippen LogP contribution in [0.5, 0.6) is 0 Å². The van der Waals surface area contributed by atoms with Gasteiger partial charge in [0.25, 0.3) is 0 Å². The van der Waals surface area contributed by atoms with E-state index in [1.165, 1.54) is 0 Å². The SMILES string of the molecule is CCC(CC)CNC(=O)C1CC(=O)N(C(C)C)C1. The van der Waals surface area contributed by atoms with Gasteiger partial charge >= 0.3 is 0 Å². The van der Waals surface area contributed by atoms with Crippen LogP contribution < -0.4 is 5.32 Å². The summed E-state index contributed by atoms with van der Waals surface area (Å²) in [5, 5.41) is 2.99. The van der Waals surface area contributed by atoms with E-state index in [0.29, 0.717) is 18.9 Å². The third-order valence-corrected chi connectivity index (χ3v) is 3.87. The molecule has 0 saturated carbocycles. The lowest BCUT2D eigenvalue weighted by Crippen LogP contribution is -2.37. The van der Waals surface area contributed by atoms with Crippen LogP contribution in [-0.2, 0) is 9.59 Å². The minimum absolute atomic E-state index is 0.0402. The first-order valence-electron chi connectivity index (χ1n) is 7.06. The van der Waals surface area contributed by atoms with Gasteiger partial charge in [-0.15, -0.1) is 0 Å². The van der Waals surface area contributed by atoms with E-state index in [9.17, 15) is 9.59 Å². The Bertz CT molecular complexity index is 298. The molecule has 0 spiro atoms. The first-order chi connectivity index (χ1) is 8.49. The van der Waals surface area contributed by atoms with Crippen molar-refractivity contribution >= 4 is 11.8 Å². The number of amides is 2. The molecule has 1 unspecified atom stereocenters. The van der Waals surface area contributed by atoms with Crippen LogP contribution in [0.3, 0.4) is 0 Å². The normalized spacial score (nSPS) is 20.0. The highest BCUT2D eigenvalue weighted by atomic mass is 16.2. The number of nitrogens with one attached hydrogen (secondary N) is 1. The summed E-state index contributed by atoms with van der Waals surface area (Å²) in [5.41, 5.74) is 0. The molecule has 0 radical (unpaired) electrons. The average Bonchev–Trinajstić information content (AvgIpc) is 2.72. The molecule has 0 aliphatic carbocycles. The zero-order valence-corrected chi connectivity index (χ0v) is 12.0. The zero-order valence-electron chi connectivity index (χ0n) is 12.0. The van der Waals surface area contributed by atoms with E-state index >= 15 is 0 Å². The Hall–Kier alpha value is -1.06. The van der Waals surface area contributed by atoms with Gasteiger partial charge in [0.1, 0.15) is 0 Å². The fourth-order valence-corrected chi connectivity index (χ4v) is 2.37. The van der Waals surface area contributed by atoms with Crippen molar-refractivity contribution in [2.75, 3.05) is 13.1 Å². The predicted octanol–water partition coefficient (Wildman–Crippen LogP) is 1.80. The molecular formula is C14H26N2O2. The molecule has 1 aliphatic heterocycles. The summed E-state index contributed by atoms with van der Waals surface area (Å²) in [6.45, 7) is 9.56. The highest BCUT2D eigenvalue weighted by Crippen LogP contribution is 2.20. The highest BCUT2D eigenvalue weighted by Gasteiger charge is 2.35. The average molecular weight is 254 g/mol. The van der Waals surface area contributed by atoms with E-state index in [4.69, 9.17) is 0 Å². The van der Waals surface area contributed by atoms with E-state index in [2.05, 4.69) is 19.2 Å². The number of likely N-dealkylation sites (tertiary alicyclic amines) is 1. The molecule has 4 nitrogen and oxygen atoms in total. The van der Waals surface area contributed by atoms with Gasteiger partial charge in [-0.2, -0.15) is 0 Å². The Morgan fingerprint density at radius 3 is 2.44 bits per heavy atom. The summed E-state index contributed by atoms with van der Waals surface area (Å²) in [7, 11) is 0. The third-order valence-electron chi connectivity index (χ3n) is 3.87. The quantitative estimate of drug-likeness (QED) is 0.785. The van der Waals surface area contributed by atoms with Crippen LogP contribution in [0.1, 0.15) is 47.0 Å². The van der Waals surface area contributed by atoms with Crippen LogP contribution in [-0.4, -0.2) is 35.8 Å². The molecule has 1 fully saturated rings. The van der Waals surface area contributed by atoms with Gasteiger partial charge in [-0.25, -0.2) is 0 Å². The van der Waals surface area contributed by atoms with Crippen molar-refractivity contribution in [3.63, 3.8) is 0 Å². The largest absolute Gasteiger partial charge is 0.356 e. The monoisotopic (exact) mass is 254 g/mol. The summed E-state index contributed by atoms with van der Waals surface area (Å²) >= 11 is 0. The summed E-state index contributed by atoms with van der Waals surface area (Å²) in [6.07, 6.45) is 2.53. The van der Waals surface area contributed by atoms with Crippen molar-refractivity contribution < 1.29 is 9.59 Å². The van der Waals surface area contributed by atoms with E-state index in [1.54, 1.807) is 4.90 Å². The number of hydrogen-bond donors (Lipinski definition) is 1. The molecule has 18 heavy (non-hydrogen) atoms. The summed E-state index contributed by atoms with van der Waals surface area (Å²) < 4.78 is 0. The maximum Gasteiger partial charge on any atom is 0.225 e. The highest BCUT2D eigenvalue weighted by molar-refractivity contribution is 5.89. The number of hydrogen-bond acceptors (Lipinski definition) is 2. The van der Waals surface area contributed by atoms with Crippen LogP contribution in [0.4, 0.5) is 0 Å². The zero-order chi connectivity index (χ0) is 13.7. The van der Waals surface area contributed by atoms with Crippen molar-refractivity contribution in [2.24, 2.45) is 11.8 Å². The van der Waals surface area contributed by atoms with Gasteiger partial charge < -0.3 is 10.2 Å². The van der Waals surface area contributed by atoms with Crippen molar-refractivity contribution in [2.45, 2.75) is 53.0 Å². The molecule has 2 amide bonds. The van der Waals surface area contributed by atoms with Gasteiger partial charge in [-0.3, -0.25) is 9.59 Å². The van der Waals surface area contributed by atoms with Gasteiger partial charge in [0.05, 0.1) is 5.92 Å². The van der Waals surface area contributed by atoms with E-state index in [0.717, 1.165) is 19.4 Å². The van der Waals surface area contributed by atoms with Crippen LogP contribution in [0.15, 0.2) is 0 Å². The van der Waals surface area contributed by atoms with E-state index < -0.39 is 0 Å². The molecule has 4 heteroatoms. The Morgan fingerprint density at radius 2 is 2.00 bits per heavy atom. The van der Waals surface area contributed by atoms with Crippen molar-refractivity contribution in [1.82, 2.24) is 10.2 Å². The van der Waals surface area contributed by atoms with Crippen LogP contribution in [0, 0.1) is 11.8 Å². The molecule has 1 N–H and O–H groups in total. The fraction of sp³-hybridized carbons (Fsp3) is 0.857. The minimum Gasteiger partial charge on any atom is -0.356 e. The third kappa shape index (κ3) is 3.72. The van der Waals surface area contributed by atoms with Crippen LogP contribution >= 0.6 is 0 Å². The van der Waals surface area contributed by atoms with Crippen LogP contribution in [0.2, 0.25) is 0 Å². The van der Waals surface area contributed by atoms with E-state index in [1.807, 2.05) is 13.8 Å². The van der Waals surface area contributed by atoms with Crippen molar-refractivity contribution in [3.8, 4) is 0 Å². The molecular weight excluding hydrogens is 228 g/mol. The second-order valence-corrected chi connectivity index (χ2v) is 5.47. The Labute approximate surface area is 110 Å². The van der Waals surface area contributed by atoms with Gasteiger partial charge in [0.2, 0.25) is 11.8 Å². The predicted molar refractivity (Wildman–Crippen MR) is 72.0 cm³/mol. The van der Waals surface area contributed by atoms with Crippen LogP contribution in [0.25, 0.3) is 0 Å². The second-order valence-electron chi connectivity index (χ2n) is 5.47. The second kappa shape index (κ2) is 6.76. The van der Waals surface area contributed by atoms with Gasteiger partial charge in [-0.05, 0) is 19.8 Å². The van der Waals surface area contributed by atoms with Crippen molar-refractivity contribution in [1.29, 1.82) is 0 Å². The lowest BCUT2D eigenvalue weighted by atomic mass is 10.0. The molecule has 1 rings (SSSR count). The molecule has 104 valence electrons. The van der Waals surface area contributed by atoms with Gasteiger partial charge in [0.15, 0.2) is 0 Å². The number of carbonyl (C=O) groups excluding carboxylic acids is 2. The molecule has 1 aliphatic rings. The van der Waals surface area contributed by atoms with Gasteiger partial charge in [-0.1, -0.05) is 26.7 Å². The standard InChI is InChI=1S/C14H26N2O2/c1-5-11(6-2)8-15-14(18)12-7-13(17)16(9-12)10(3)4/h10-12H,5-9H2,1-4H3,(H,15,18). The molecule has 1 heterocycles. The fourth-order valence-electron chi connectivity index (χ4n) is 2.37. The number of nitrogens with zero attached hydrogens (tertiary/aromatic N) is 1.